The summed E-state index contributed by atoms with van der Waals surface area (Å²) in [4.78, 5) is 25.3. The molecule has 5 heterocycles. The third-order valence-electron chi connectivity index (χ3n) is 6.97. The van der Waals surface area contributed by atoms with Gasteiger partial charge in [-0.2, -0.15) is 15.1 Å². The number of morpholine rings is 1. The highest BCUT2D eigenvalue weighted by Gasteiger charge is 2.24. The Balaban J connectivity index is 1.39. The predicted molar refractivity (Wildman–Crippen MR) is 176 cm³/mol. The Morgan fingerprint density at radius 1 is 1.05 bits per heavy atom. The zero-order chi connectivity index (χ0) is 30.8. The van der Waals surface area contributed by atoms with Crippen molar-refractivity contribution in [1.29, 1.82) is 0 Å². The van der Waals surface area contributed by atoms with E-state index < -0.39 is 7.14 Å². The topological polar surface area (TPSA) is 145 Å². The van der Waals surface area contributed by atoms with Crippen molar-refractivity contribution in [3.05, 3.63) is 53.7 Å². The minimum atomic E-state index is -2.77. The number of pyridine rings is 1. The highest BCUT2D eigenvalue weighted by atomic mass is 79.9. The van der Waals surface area contributed by atoms with Crippen LogP contribution in [0.15, 0.2) is 53.7 Å². The summed E-state index contributed by atoms with van der Waals surface area (Å²) in [6, 6.07) is 5.67. The van der Waals surface area contributed by atoms with Gasteiger partial charge in [0, 0.05) is 56.1 Å². The van der Waals surface area contributed by atoms with Crippen LogP contribution in [0.3, 0.4) is 0 Å². The lowest BCUT2D eigenvalue weighted by Gasteiger charge is -2.30. The van der Waals surface area contributed by atoms with Crippen molar-refractivity contribution in [2.75, 3.05) is 61.8 Å². The molecule has 44 heavy (non-hydrogen) atoms. The standard InChI is InChI=1S/C29H32BrN10O3P/c1-5-43-28-23(14-19(18-15-34-39(2)17-18)27(38-28)40-10-12-42-13-11-40)36-29-33-16-20(30)26(37-29)35-22-7-6-21-24(32-9-8-31-21)25(22)44(3,4)41/h6-9,14-17H,5,10-13H2,1-4H3,(H2,33,35,36,37). The van der Waals surface area contributed by atoms with E-state index in [4.69, 9.17) is 19.4 Å². The van der Waals surface area contributed by atoms with Crippen molar-refractivity contribution in [3.63, 3.8) is 0 Å². The second-order valence-corrected chi connectivity index (χ2v) is 14.5. The number of aryl methyl sites for hydroxylation is 1. The summed E-state index contributed by atoms with van der Waals surface area (Å²) in [5.74, 6) is 2.01. The summed E-state index contributed by atoms with van der Waals surface area (Å²) < 4.78 is 27.4. The molecule has 1 aromatic carbocycles. The highest BCUT2D eigenvalue weighted by molar-refractivity contribution is 9.10. The summed E-state index contributed by atoms with van der Waals surface area (Å²) in [6.07, 6.45) is 8.63. The van der Waals surface area contributed by atoms with Crippen LogP contribution >= 0.6 is 23.1 Å². The molecule has 0 atom stereocenters. The first-order valence-corrected chi connectivity index (χ1v) is 17.5. The predicted octanol–water partition coefficient (Wildman–Crippen LogP) is 4.95. The molecular formula is C29H32BrN10O3P. The third kappa shape index (κ3) is 6.23. The average molecular weight is 680 g/mol. The number of nitrogens with one attached hydrogen (secondary N) is 2. The number of ether oxygens (including phenoxy) is 2. The second-order valence-electron chi connectivity index (χ2n) is 10.5. The molecule has 4 aromatic heterocycles. The van der Waals surface area contributed by atoms with Gasteiger partial charge in [-0.3, -0.25) is 14.6 Å². The van der Waals surface area contributed by atoms with Crippen LogP contribution in [0.1, 0.15) is 6.92 Å². The van der Waals surface area contributed by atoms with Crippen LogP contribution in [0.25, 0.3) is 22.2 Å². The maximum Gasteiger partial charge on any atom is 0.239 e. The second kappa shape index (κ2) is 12.5. The van der Waals surface area contributed by atoms with Crippen molar-refractivity contribution in [3.8, 4) is 17.0 Å². The quantitative estimate of drug-likeness (QED) is 0.204. The number of hydrogen-bond donors (Lipinski definition) is 2. The van der Waals surface area contributed by atoms with Gasteiger partial charge in [-0.25, -0.2) is 4.98 Å². The summed E-state index contributed by atoms with van der Waals surface area (Å²) >= 11 is 3.56. The molecule has 15 heteroatoms. The van der Waals surface area contributed by atoms with E-state index in [2.05, 4.69) is 51.5 Å². The summed E-state index contributed by atoms with van der Waals surface area (Å²) in [7, 11) is -0.885. The molecule has 0 saturated carbocycles. The number of aromatic nitrogens is 7. The Hall–Kier alpha value is -4.13. The number of nitrogens with zero attached hydrogens (tertiary/aromatic N) is 8. The molecule has 0 aliphatic carbocycles. The lowest BCUT2D eigenvalue weighted by atomic mass is 10.1. The minimum Gasteiger partial charge on any atom is -0.476 e. The number of fused-ring (bicyclic) bond motifs is 1. The molecule has 1 aliphatic heterocycles. The molecule has 0 amide bonds. The van der Waals surface area contributed by atoms with Gasteiger partial charge >= 0.3 is 0 Å². The molecule has 0 radical (unpaired) electrons. The van der Waals surface area contributed by atoms with Crippen molar-refractivity contribution < 1.29 is 14.0 Å². The van der Waals surface area contributed by atoms with Gasteiger partial charge in [0.05, 0.1) is 47.0 Å². The van der Waals surface area contributed by atoms with Gasteiger partial charge in [0.1, 0.15) is 30.0 Å². The van der Waals surface area contributed by atoms with Gasteiger partial charge in [0.2, 0.25) is 11.8 Å². The number of rotatable bonds is 9. The monoisotopic (exact) mass is 678 g/mol. The van der Waals surface area contributed by atoms with Gasteiger partial charge in [-0.15, -0.1) is 0 Å². The Bertz CT molecular complexity index is 1870. The molecule has 2 N–H and O–H groups in total. The molecule has 1 fully saturated rings. The first-order chi connectivity index (χ1) is 21.2. The molecular weight excluding hydrogens is 647 g/mol. The van der Waals surface area contributed by atoms with Crippen molar-refractivity contribution >= 4 is 68.4 Å². The van der Waals surface area contributed by atoms with Crippen LogP contribution in [-0.4, -0.2) is 80.9 Å². The third-order valence-corrected chi connectivity index (χ3v) is 9.08. The van der Waals surface area contributed by atoms with E-state index in [1.807, 2.05) is 44.6 Å². The lowest BCUT2D eigenvalue weighted by molar-refractivity contribution is 0.122. The van der Waals surface area contributed by atoms with E-state index in [1.165, 1.54) is 0 Å². The molecule has 228 valence electrons. The summed E-state index contributed by atoms with van der Waals surface area (Å²) in [5.41, 5.74) is 4.30. The maximum atomic E-state index is 13.4. The van der Waals surface area contributed by atoms with Crippen molar-refractivity contribution in [2.24, 2.45) is 7.05 Å². The fraction of sp³-hybridized carbons (Fsp3) is 0.310. The van der Waals surface area contributed by atoms with Gasteiger partial charge < -0.3 is 29.6 Å². The van der Waals surface area contributed by atoms with E-state index in [0.717, 1.165) is 16.9 Å². The van der Waals surface area contributed by atoms with Crippen LogP contribution in [0.5, 0.6) is 5.88 Å². The Morgan fingerprint density at radius 3 is 2.57 bits per heavy atom. The Kier molecular flexibility index (Phi) is 8.48. The maximum absolute atomic E-state index is 13.4. The highest BCUT2D eigenvalue weighted by Crippen LogP contribution is 2.42. The Morgan fingerprint density at radius 2 is 1.84 bits per heavy atom. The molecule has 0 bridgehead atoms. The van der Waals surface area contributed by atoms with E-state index in [-0.39, 0.29) is 0 Å². The lowest BCUT2D eigenvalue weighted by Crippen LogP contribution is -2.37. The zero-order valence-corrected chi connectivity index (χ0v) is 27.3. The van der Waals surface area contributed by atoms with Crippen LogP contribution in [-0.2, 0) is 16.3 Å². The SMILES string of the molecule is CCOc1nc(N2CCOCC2)c(-c2cnn(C)c2)cc1Nc1ncc(Br)c(Nc2ccc3nccnc3c2P(C)(C)=O)n1. The largest absolute Gasteiger partial charge is 0.476 e. The number of anilines is 5. The van der Waals surface area contributed by atoms with Gasteiger partial charge in [-0.05, 0) is 54.4 Å². The van der Waals surface area contributed by atoms with Crippen LogP contribution in [0.2, 0.25) is 0 Å². The molecule has 13 nitrogen and oxygen atoms in total. The normalized spacial score (nSPS) is 13.7. The van der Waals surface area contributed by atoms with E-state index >= 15 is 0 Å². The molecule has 0 spiro atoms. The zero-order valence-electron chi connectivity index (χ0n) is 24.8. The van der Waals surface area contributed by atoms with Crippen LogP contribution in [0.4, 0.5) is 29.0 Å². The molecule has 0 unspecified atom stereocenters. The van der Waals surface area contributed by atoms with Crippen LogP contribution in [0, 0.1) is 0 Å². The van der Waals surface area contributed by atoms with Crippen molar-refractivity contribution in [1.82, 2.24) is 34.7 Å². The van der Waals surface area contributed by atoms with Gasteiger partial charge in [-0.1, -0.05) is 0 Å². The van der Waals surface area contributed by atoms with E-state index in [1.54, 1.807) is 36.6 Å². The Labute approximate surface area is 263 Å². The van der Waals surface area contributed by atoms with Gasteiger partial charge in [0.15, 0.2) is 0 Å². The summed E-state index contributed by atoms with van der Waals surface area (Å²) in [6.45, 7) is 8.45. The molecule has 1 saturated heterocycles. The molecule has 1 aliphatic rings. The number of halogens is 1. The van der Waals surface area contributed by atoms with Crippen molar-refractivity contribution in [2.45, 2.75) is 6.92 Å². The van der Waals surface area contributed by atoms with Gasteiger partial charge in [0.25, 0.3) is 0 Å². The average Bonchev–Trinajstić information content (AvgIpc) is 3.45. The van der Waals surface area contributed by atoms with E-state index in [9.17, 15) is 4.57 Å². The molecule has 5 aromatic rings. The number of hydrogen-bond acceptors (Lipinski definition) is 12. The first-order valence-electron chi connectivity index (χ1n) is 14.1. The smallest absolute Gasteiger partial charge is 0.239 e. The molecule has 6 rings (SSSR count). The summed E-state index contributed by atoms with van der Waals surface area (Å²) in [5, 5.41) is 11.6. The fourth-order valence-electron chi connectivity index (χ4n) is 5.04. The van der Waals surface area contributed by atoms with Crippen LogP contribution < -0.4 is 25.6 Å². The fourth-order valence-corrected chi connectivity index (χ4v) is 6.73. The minimum absolute atomic E-state index is 0.313. The van der Waals surface area contributed by atoms with E-state index in [0.29, 0.717) is 82.7 Å². The number of benzene rings is 1. The first kappa shape index (κ1) is 29.9.